The molecule has 0 aliphatic carbocycles. The molecule has 1 aromatic rings. The highest BCUT2D eigenvalue weighted by Crippen LogP contribution is 2.23. The highest BCUT2D eigenvalue weighted by molar-refractivity contribution is 8.00. The summed E-state index contributed by atoms with van der Waals surface area (Å²) in [5.74, 6) is 0.0803. The molecule has 1 N–H and O–H groups in total. The molecule has 0 radical (unpaired) electrons. The van der Waals surface area contributed by atoms with Crippen molar-refractivity contribution in [2.45, 2.75) is 30.4 Å². The molecular weight excluding hydrogens is 246 g/mol. The number of nitrogens with one attached hydrogen (secondary N) is 1. The smallest absolute Gasteiger partial charge is 0.233 e. The molecule has 0 aliphatic rings. The van der Waals surface area contributed by atoms with Gasteiger partial charge < -0.3 is 10.1 Å². The lowest BCUT2D eigenvalue weighted by molar-refractivity contribution is -0.120. The van der Waals surface area contributed by atoms with Crippen LogP contribution in [0.1, 0.15) is 18.9 Å². The number of carbonyl (C=O) groups is 1. The highest BCUT2D eigenvalue weighted by atomic mass is 32.2. The first-order valence-electron chi connectivity index (χ1n) is 6.13. The number of ether oxygens (including phenoxy) is 1. The molecule has 0 saturated heterocycles. The van der Waals surface area contributed by atoms with Crippen molar-refractivity contribution in [2.75, 3.05) is 20.3 Å². The van der Waals surface area contributed by atoms with E-state index in [4.69, 9.17) is 4.74 Å². The zero-order valence-corrected chi connectivity index (χ0v) is 12.0. The van der Waals surface area contributed by atoms with Crippen LogP contribution in [0.5, 0.6) is 0 Å². The van der Waals surface area contributed by atoms with Gasteiger partial charge in [-0.15, -0.1) is 11.8 Å². The molecule has 18 heavy (non-hydrogen) atoms. The van der Waals surface area contributed by atoms with Crippen LogP contribution in [0.15, 0.2) is 29.2 Å². The van der Waals surface area contributed by atoms with E-state index in [0.717, 1.165) is 11.3 Å². The Labute approximate surface area is 113 Å². The minimum atomic E-state index is -0.0738. The topological polar surface area (TPSA) is 38.3 Å². The highest BCUT2D eigenvalue weighted by Gasteiger charge is 2.13. The average molecular weight is 267 g/mol. The van der Waals surface area contributed by atoms with Crippen molar-refractivity contribution in [3.63, 3.8) is 0 Å². The van der Waals surface area contributed by atoms with E-state index in [9.17, 15) is 4.79 Å². The lowest BCUT2D eigenvalue weighted by Crippen LogP contribution is -2.32. The first-order chi connectivity index (χ1) is 8.63. The van der Waals surface area contributed by atoms with Gasteiger partial charge in [0.25, 0.3) is 0 Å². The van der Waals surface area contributed by atoms with Crippen LogP contribution >= 0.6 is 11.8 Å². The molecule has 0 spiro atoms. The summed E-state index contributed by atoms with van der Waals surface area (Å²) in [4.78, 5) is 12.9. The van der Waals surface area contributed by atoms with Crippen molar-refractivity contribution >= 4 is 17.7 Å². The lowest BCUT2D eigenvalue weighted by atomic mass is 10.2. The summed E-state index contributed by atoms with van der Waals surface area (Å²) in [5.41, 5.74) is 1.23. The summed E-state index contributed by atoms with van der Waals surface area (Å²) in [6, 6.07) is 8.22. The zero-order chi connectivity index (χ0) is 13.4. The number of hydrogen-bond donors (Lipinski definition) is 1. The largest absolute Gasteiger partial charge is 0.385 e. The maximum Gasteiger partial charge on any atom is 0.233 e. The van der Waals surface area contributed by atoms with Gasteiger partial charge in [-0.1, -0.05) is 17.7 Å². The van der Waals surface area contributed by atoms with Crippen LogP contribution in [0.2, 0.25) is 0 Å². The molecule has 4 heteroatoms. The standard InChI is InChI=1S/C14H21NO2S/c1-11-5-7-13(8-6-11)18-12(2)14(16)15-9-4-10-17-3/h5-8,12H,4,9-10H2,1-3H3,(H,15,16). The van der Waals surface area contributed by atoms with E-state index in [-0.39, 0.29) is 11.2 Å². The Morgan fingerprint density at radius 2 is 2.06 bits per heavy atom. The second-order valence-corrected chi connectivity index (χ2v) is 5.62. The monoisotopic (exact) mass is 267 g/mol. The molecule has 1 amide bonds. The van der Waals surface area contributed by atoms with Crippen LogP contribution in [-0.4, -0.2) is 31.4 Å². The summed E-state index contributed by atoms with van der Waals surface area (Å²) < 4.78 is 4.93. The molecular formula is C14H21NO2S. The second-order valence-electron chi connectivity index (χ2n) is 4.21. The van der Waals surface area contributed by atoms with Crippen LogP contribution in [0.25, 0.3) is 0 Å². The molecule has 0 saturated carbocycles. The Morgan fingerprint density at radius 3 is 2.67 bits per heavy atom. The minimum absolute atomic E-state index is 0.0738. The van der Waals surface area contributed by atoms with Crippen LogP contribution in [0.4, 0.5) is 0 Å². The quantitative estimate of drug-likeness (QED) is 0.609. The van der Waals surface area contributed by atoms with Crippen molar-refractivity contribution in [3.05, 3.63) is 29.8 Å². The summed E-state index contributed by atoms with van der Waals surface area (Å²) in [6.45, 7) is 5.34. The van der Waals surface area contributed by atoms with Gasteiger partial charge in [0.05, 0.1) is 5.25 Å². The molecule has 0 heterocycles. The van der Waals surface area contributed by atoms with E-state index in [1.807, 2.05) is 6.92 Å². The summed E-state index contributed by atoms with van der Waals surface area (Å²) in [5, 5.41) is 2.84. The van der Waals surface area contributed by atoms with Gasteiger partial charge in [-0.25, -0.2) is 0 Å². The van der Waals surface area contributed by atoms with E-state index in [2.05, 4.69) is 36.5 Å². The number of carbonyl (C=O) groups excluding carboxylic acids is 1. The predicted molar refractivity (Wildman–Crippen MR) is 76.0 cm³/mol. The number of rotatable bonds is 7. The molecule has 0 fully saturated rings. The fraction of sp³-hybridized carbons (Fsp3) is 0.500. The van der Waals surface area contributed by atoms with Crippen molar-refractivity contribution < 1.29 is 9.53 Å². The third-order valence-corrected chi connectivity index (χ3v) is 3.64. The Balaban J connectivity index is 2.33. The van der Waals surface area contributed by atoms with Crippen LogP contribution in [0.3, 0.4) is 0 Å². The van der Waals surface area contributed by atoms with Crippen molar-refractivity contribution in [1.82, 2.24) is 5.32 Å². The number of methoxy groups -OCH3 is 1. The van der Waals surface area contributed by atoms with Gasteiger partial charge in [0.1, 0.15) is 0 Å². The number of thioether (sulfide) groups is 1. The molecule has 1 aromatic carbocycles. The first kappa shape index (κ1) is 15.1. The molecule has 0 bridgehead atoms. The van der Waals surface area contributed by atoms with Crippen LogP contribution < -0.4 is 5.32 Å². The second kappa shape index (κ2) is 8.16. The Morgan fingerprint density at radius 1 is 1.39 bits per heavy atom. The van der Waals surface area contributed by atoms with E-state index >= 15 is 0 Å². The normalized spacial score (nSPS) is 12.2. The van der Waals surface area contributed by atoms with Crippen LogP contribution in [0, 0.1) is 6.92 Å². The van der Waals surface area contributed by atoms with Gasteiger partial charge in [0.2, 0.25) is 5.91 Å². The number of aryl methyl sites for hydroxylation is 1. The van der Waals surface area contributed by atoms with Gasteiger partial charge >= 0.3 is 0 Å². The number of amides is 1. The Hall–Kier alpha value is -1.00. The molecule has 1 atom stereocenters. The maximum atomic E-state index is 11.8. The molecule has 1 unspecified atom stereocenters. The molecule has 3 nitrogen and oxygen atoms in total. The minimum Gasteiger partial charge on any atom is -0.385 e. The zero-order valence-electron chi connectivity index (χ0n) is 11.2. The molecule has 100 valence electrons. The van der Waals surface area contributed by atoms with E-state index in [0.29, 0.717) is 13.2 Å². The van der Waals surface area contributed by atoms with Gasteiger partial charge in [0.15, 0.2) is 0 Å². The average Bonchev–Trinajstić information content (AvgIpc) is 2.37. The predicted octanol–water partition coefficient (Wildman–Crippen LogP) is 2.63. The maximum absolute atomic E-state index is 11.8. The fourth-order valence-corrected chi connectivity index (χ4v) is 2.34. The third kappa shape index (κ3) is 5.56. The van der Waals surface area contributed by atoms with Gasteiger partial charge in [-0.2, -0.15) is 0 Å². The number of hydrogen-bond acceptors (Lipinski definition) is 3. The van der Waals surface area contributed by atoms with E-state index in [1.165, 1.54) is 5.56 Å². The van der Waals surface area contributed by atoms with E-state index in [1.54, 1.807) is 18.9 Å². The van der Waals surface area contributed by atoms with Gasteiger partial charge in [0, 0.05) is 25.2 Å². The van der Waals surface area contributed by atoms with Crippen molar-refractivity contribution in [1.29, 1.82) is 0 Å². The molecule has 0 aromatic heterocycles. The molecule has 0 aliphatic heterocycles. The molecule has 1 rings (SSSR count). The SMILES string of the molecule is COCCCNC(=O)C(C)Sc1ccc(C)cc1. The van der Waals surface area contributed by atoms with Gasteiger partial charge in [-0.3, -0.25) is 4.79 Å². The summed E-state index contributed by atoms with van der Waals surface area (Å²) in [7, 11) is 1.66. The summed E-state index contributed by atoms with van der Waals surface area (Å²) in [6.07, 6.45) is 0.851. The first-order valence-corrected chi connectivity index (χ1v) is 7.01. The number of benzene rings is 1. The van der Waals surface area contributed by atoms with Crippen LogP contribution in [-0.2, 0) is 9.53 Å². The fourth-order valence-electron chi connectivity index (χ4n) is 1.45. The lowest BCUT2D eigenvalue weighted by Gasteiger charge is -2.12. The van der Waals surface area contributed by atoms with Gasteiger partial charge in [-0.05, 0) is 32.4 Å². The van der Waals surface area contributed by atoms with Crippen molar-refractivity contribution in [3.8, 4) is 0 Å². The van der Waals surface area contributed by atoms with E-state index < -0.39 is 0 Å². The summed E-state index contributed by atoms with van der Waals surface area (Å²) >= 11 is 1.58. The third-order valence-electron chi connectivity index (χ3n) is 2.53. The van der Waals surface area contributed by atoms with Crippen molar-refractivity contribution in [2.24, 2.45) is 0 Å². The Bertz CT molecular complexity index is 365. The Kier molecular flexibility index (Phi) is 6.83.